The van der Waals surface area contributed by atoms with Crippen LogP contribution in [0.5, 0.6) is 0 Å². The summed E-state index contributed by atoms with van der Waals surface area (Å²) in [6.07, 6.45) is 94.9. The summed E-state index contributed by atoms with van der Waals surface area (Å²) < 4.78 is 33.0. The summed E-state index contributed by atoms with van der Waals surface area (Å²) in [6, 6.07) is 0. The normalized spacial score (nSPS) is 14.1. The predicted molar refractivity (Wildman–Crippen MR) is 348 cm³/mol. The molecule has 0 aromatic heterocycles. The zero-order valence-corrected chi connectivity index (χ0v) is 52.1. The summed E-state index contributed by atoms with van der Waals surface area (Å²) in [5.41, 5.74) is 5.38. The molecule has 0 rings (SSSR count). The lowest BCUT2D eigenvalue weighted by Gasteiger charge is -2.19. The Bertz CT molecular complexity index is 1880. The van der Waals surface area contributed by atoms with Crippen LogP contribution < -0.4 is 5.73 Å². The molecular weight excluding hydrogens is 1030 g/mol. The predicted octanol–water partition coefficient (Wildman–Crippen LogP) is 20.8. The molecule has 0 spiro atoms. The maximum Gasteiger partial charge on any atom is 0.472 e. The number of unbranched alkanes of at least 4 members (excludes halogenated alkanes) is 19. The molecule has 0 aliphatic rings. The number of hydrogen-bond acceptors (Lipinski definition) is 8. The molecule has 9 nitrogen and oxygen atoms in total. The Morgan fingerprint density at radius 3 is 1.00 bits per heavy atom. The third kappa shape index (κ3) is 64.7. The number of carbonyl (C=O) groups excluding carboxylic acids is 2. The fraction of sp³-hybridized carbons (Fsp3) is 0.606. The molecule has 10 heteroatoms. The number of ether oxygens (including phenoxy) is 2. The first-order valence-electron chi connectivity index (χ1n) is 32.0. The lowest BCUT2D eigenvalue weighted by molar-refractivity contribution is -0.161. The number of hydrogen-bond donors (Lipinski definition) is 2. The van der Waals surface area contributed by atoms with Crippen molar-refractivity contribution >= 4 is 19.8 Å². The molecule has 3 N–H and O–H groups in total. The summed E-state index contributed by atoms with van der Waals surface area (Å²) in [5.74, 6) is -0.930. The van der Waals surface area contributed by atoms with Crippen molar-refractivity contribution in [2.45, 2.75) is 251 Å². The molecule has 458 valence electrons. The van der Waals surface area contributed by atoms with E-state index in [1.54, 1.807) is 0 Å². The average molecular weight is 1140 g/mol. The Morgan fingerprint density at radius 2 is 0.667 bits per heavy atom. The molecule has 0 heterocycles. The minimum absolute atomic E-state index is 0.0376. The zero-order valence-electron chi connectivity index (χ0n) is 51.2. The molecule has 0 fully saturated rings. The smallest absolute Gasteiger partial charge is 0.462 e. The van der Waals surface area contributed by atoms with E-state index in [0.717, 1.165) is 103 Å². The van der Waals surface area contributed by atoms with Gasteiger partial charge in [-0.2, -0.15) is 0 Å². The molecule has 2 atom stereocenters. The SMILES string of the molecule is CC/C=C\C/C=C\C/C=C\C/C=C\C/C=C\C/C=C\C/C=C\CCCCCCCCCCCCCCCCCCCCCC(=O)OC(COC(=O)CC/C=C\C/C=C\C/C=C\C/C=C\C/C=C\C/C=C\CC)COP(=O)(O)OCCN. The maximum atomic E-state index is 12.7. The molecule has 0 bridgehead atoms. The number of carbonyl (C=O) groups is 2. The van der Waals surface area contributed by atoms with E-state index in [9.17, 15) is 19.0 Å². The zero-order chi connectivity index (χ0) is 58.7. The third-order valence-electron chi connectivity index (χ3n) is 12.9. The van der Waals surface area contributed by atoms with Crippen molar-refractivity contribution in [1.29, 1.82) is 0 Å². The minimum Gasteiger partial charge on any atom is -0.462 e. The Hall–Kier alpha value is -4.37. The molecule has 81 heavy (non-hydrogen) atoms. The van der Waals surface area contributed by atoms with Crippen LogP contribution >= 0.6 is 7.82 Å². The van der Waals surface area contributed by atoms with Crippen molar-refractivity contribution < 1.29 is 37.6 Å². The van der Waals surface area contributed by atoms with E-state index < -0.39 is 32.5 Å². The van der Waals surface area contributed by atoms with Crippen molar-refractivity contribution in [3.8, 4) is 0 Å². The Labute approximate surface area is 496 Å². The minimum atomic E-state index is -4.41. The third-order valence-corrected chi connectivity index (χ3v) is 13.9. The number of esters is 2. The highest BCUT2D eigenvalue weighted by Gasteiger charge is 2.26. The molecule has 0 aromatic rings. The second-order valence-electron chi connectivity index (χ2n) is 20.5. The van der Waals surface area contributed by atoms with Gasteiger partial charge in [0, 0.05) is 19.4 Å². The fourth-order valence-corrected chi connectivity index (χ4v) is 9.06. The van der Waals surface area contributed by atoms with Crippen LogP contribution in [0.2, 0.25) is 0 Å². The van der Waals surface area contributed by atoms with Crippen LogP contribution in [0.3, 0.4) is 0 Å². The molecule has 0 radical (unpaired) electrons. The summed E-state index contributed by atoms with van der Waals surface area (Å²) >= 11 is 0. The van der Waals surface area contributed by atoms with Gasteiger partial charge in [-0.3, -0.25) is 18.6 Å². The molecule has 0 amide bonds. The number of nitrogens with two attached hydrogens (primary N) is 1. The number of allylic oxidation sites excluding steroid dienone is 26. The molecular formula is C71H116NO8P. The van der Waals surface area contributed by atoms with E-state index in [0.29, 0.717) is 12.8 Å². The van der Waals surface area contributed by atoms with Gasteiger partial charge in [-0.1, -0.05) is 281 Å². The van der Waals surface area contributed by atoms with E-state index in [1.807, 2.05) is 12.2 Å². The lowest BCUT2D eigenvalue weighted by atomic mass is 10.0. The summed E-state index contributed by atoms with van der Waals surface area (Å²) in [6.45, 7) is 3.42. The van der Waals surface area contributed by atoms with Gasteiger partial charge in [-0.25, -0.2) is 4.57 Å². The highest BCUT2D eigenvalue weighted by atomic mass is 31.2. The molecule has 0 saturated heterocycles. The summed E-state index contributed by atoms with van der Waals surface area (Å²) in [7, 11) is -4.41. The maximum absolute atomic E-state index is 12.7. The van der Waals surface area contributed by atoms with Gasteiger partial charge in [0.15, 0.2) is 6.10 Å². The van der Waals surface area contributed by atoms with Gasteiger partial charge >= 0.3 is 19.8 Å². The van der Waals surface area contributed by atoms with E-state index >= 15 is 0 Å². The van der Waals surface area contributed by atoms with E-state index in [-0.39, 0.29) is 32.6 Å². The summed E-state index contributed by atoms with van der Waals surface area (Å²) in [5, 5.41) is 0. The first kappa shape index (κ1) is 76.6. The Morgan fingerprint density at radius 1 is 0.370 bits per heavy atom. The Kier molecular flexibility index (Phi) is 61.3. The van der Waals surface area contributed by atoms with Crippen LogP contribution in [0.15, 0.2) is 158 Å². The van der Waals surface area contributed by atoms with Crippen molar-refractivity contribution in [2.24, 2.45) is 5.73 Å². The first-order valence-corrected chi connectivity index (χ1v) is 33.5. The monoisotopic (exact) mass is 1140 g/mol. The van der Waals surface area contributed by atoms with Gasteiger partial charge < -0.3 is 20.1 Å². The molecule has 2 unspecified atom stereocenters. The Balaban J connectivity index is 3.92. The van der Waals surface area contributed by atoms with Crippen LogP contribution in [0.25, 0.3) is 0 Å². The highest BCUT2D eigenvalue weighted by Crippen LogP contribution is 2.43. The molecule has 0 aliphatic carbocycles. The number of phosphoric ester groups is 1. The first-order chi connectivity index (χ1) is 39.8. The average Bonchev–Trinajstić information content (AvgIpc) is 3.46. The quantitative estimate of drug-likeness (QED) is 0.0264. The van der Waals surface area contributed by atoms with Crippen LogP contribution in [0, 0.1) is 0 Å². The van der Waals surface area contributed by atoms with Gasteiger partial charge in [0.05, 0.1) is 13.2 Å². The molecule has 0 aromatic carbocycles. The van der Waals surface area contributed by atoms with Crippen LogP contribution in [-0.2, 0) is 32.7 Å². The second-order valence-corrected chi connectivity index (χ2v) is 22.0. The van der Waals surface area contributed by atoms with E-state index in [2.05, 4.69) is 160 Å². The van der Waals surface area contributed by atoms with Crippen molar-refractivity contribution in [2.75, 3.05) is 26.4 Å². The van der Waals surface area contributed by atoms with Gasteiger partial charge in [-0.05, 0) is 109 Å². The highest BCUT2D eigenvalue weighted by molar-refractivity contribution is 7.47. The van der Waals surface area contributed by atoms with Crippen molar-refractivity contribution in [3.63, 3.8) is 0 Å². The standard InChI is InChI=1S/C71H116NO8P/c1-3-5-7-9-11-13-15-17-19-21-23-24-25-26-27-28-29-30-31-32-33-34-35-36-37-38-39-40-41-42-43-44-46-48-50-52-54-56-58-60-62-64-71(74)80-69(68-79-81(75,76)78-66-65-72)67-77-70(73)63-61-59-57-55-53-51-49-47-45-22-20-18-16-14-12-10-8-6-4-2/h5-8,11-14,17-20,23-24,26-27,29-30,32-33,45,47,51,53,57,59,69H,3-4,9-10,15-16,21-22,25,28,31,34-44,46,48-50,52,54-56,58,60-68,72H2,1-2H3,(H,75,76)/b7-5-,8-6-,13-11-,14-12-,19-17-,20-18-,24-23-,27-26-,30-29-,33-32-,47-45-,53-51-,59-57-. The number of rotatable bonds is 58. The van der Waals surface area contributed by atoms with Crippen LogP contribution in [-0.4, -0.2) is 49.3 Å². The topological polar surface area (TPSA) is 134 Å². The largest absolute Gasteiger partial charge is 0.472 e. The van der Waals surface area contributed by atoms with Gasteiger partial charge in [0.1, 0.15) is 6.61 Å². The molecule has 0 saturated carbocycles. The van der Waals surface area contributed by atoms with Crippen molar-refractivity contribution in [3.05, 3.63) is 158 Å². The van der Waals surface area contributed by atoms with E-state index in [1.165, 1.54) is 103 Å². The number of phosphoric acid groups is 1. The second kappa shape index (κ2) is 64.8. The van der Waals surface area contributed by atoms with Gasteiger partial charge in [-0.15, -0.1) is 0 Å². The van der Waals surface area contributed by atoms with Gasteiger partial charge in [0.25, 0.3) is 0 Å². The lowest BCUT2D eigenvalue weighted by Crippen LogP contribution is -2.29. The molecule has 0 aliphatic heterocycles. The summed E-state index contributed by atoms with van der Waals surface area (Å²) in [4.78, 5) is 35.2. The van der Waals surface area contributed by atoms with E-state index in [4.69, 9.17) is 24.3 Å². The van der Waals surface area contributed by atoms with Gasteiger partial charge in [0.2, 0.25) is 0 Å². The fourth-order valence-electron chi connectivity index (χ4n) is 8.29. The van der Waals surface area contributed by atoms with Crippen molar-refractivity contribution in [1.82, 2.24) is 0 Å². The van der Waals surface area contributed by atoms with Crippen LogP contribution in [0.4, 0.5) is 0 Å². The van der Waals surface area contributed by atoms with Crippen LogP contribution in [0.1, 0.15) is 245 Å².